The van der Waals surface area contributed by atoms with Gasteiger partial charge in [0, 0.05) is 38.8 Å². The van der Waals surface area contributed by atoms with Gasteiger partial charge in [-0.2, -0.15) is 0 Å². The van der Waals surface area contributed by atoms with Crippen molar-refractivity contribution >= 4 is 5.96 Å². The van der Waals surface area contributed by atoms with Gasteiger partial charge in [-0.1, -0.05) is 54.6 Å². The first-order chi connectivity index (χ1) is 14.7. The fourth-order valence-corrected chi connectivity index (χ4v) is 4.07. The number of ether oxygens (including phenoxy) is 1. The number of likely N-dealkylation sites (tertiary alicyclic amines) is 1. The van der Waals surface area contributed by atoms with Crippen LogP contribution in [0, 0.1) is 0 Å². The Labute approximate surface area is 181 Å². The van der Waals surface area contributed by atoms with Crippen molar-refractivity contribution < 1.29 is 4.74 Å². The maximum atomic E-state index is 5.24. The van der Waals surface area contributed by atoms with Crippen LogP contribution in [0.1, 0.15) is 43.4 Å². The third kappa shape index (κ3) is 6.85. The Morgan fingerprint density at radius 1 is 1.10 bits per heavy atom. The molecule has 2 aromatic rings. The van der Waals surface area contributed by atoms with Crippen molar-refractivity contribution in [2.24, 2.45) is 4.99 Å². The molecular weight excluding hydrogens is 372 g/mol. The summed E-state index contributed by atoms with van der Waals surface area (Å²) in [5.41, 5.74) is 3.77. The van der Waals surface area contributed by atoms with Gasteiger partial charge in [-0.15, -0.1) is 0 Å². The number of methoxy groups -OCH3 is 1. The summed E-state index contributed by atoms with van der Waals surface area (Å²) in [7, 11) is 1.73. The monoisotopic (exact) mass is 408 g/mol. The molecule has 0 bridgehead atoms. The van der Waals surface area contributed by atoms with Gasteiger partial charge in [0.15, 0.2) is 5.96 Å². The Bertz CT molecular complexity index is 793. The number of aliphatic imine (C=N–C) groups is 1. The number of hydrogen-bond donors (Lipinski definition) is 2. The van der Waals surface area contributed by atoms with E-state index in [9.17, 15) is 0 Å². The van der Waals surface area contributed by atoms with Crippen LogP contribution in [-0.2, 0) is 24.4 Å². The molecule has 0 spiro atoms. The maximum Gasteiger partial charge on any atom is 0.191 e. The summed E-state index contributed by atoms with van der Waals surface area (Å²) >= 11 is 0. The number of guanidine groups is 1. The van der Waals surface area contributed by atoms with Gasteiger partial charge in [0.1, 0.15) is 0 Å². The van der Waals surface area contributed by atoms with E-state index in [0.717, 1.165) is 38.4 Å². The predicted octanol–water partition coefficient (Wildman–Crippen LogP) is 3.94. The number of nitrogens with one attached hydrogen (secondary N) is 2. The van der Waals surface area contributed by atoms with Crippen molar-refractivity contribution in [2.45, 2.75) is 58.5 Å². The minimum Gasteiger partial charge on any atom is -0.380 e. The Balaban J connectivity index is 1.55. The van der Waals surface area contributed by atoms with Gasteiger partial charge in [0.25, 0.3) is 0 Å². The fraction of sp³-hybridized carbons (Fsp3) is 0.480. The second-order valence-electron chi connectivity index (χ2n) is 8.12. The summed E-state index contributed by atoms with van der Waals surface area (Å²) in [6.45, 7) is 8.74. The zero-order chi connectivity index (χ0) is 21.2. The molecule has 0 aromatic heterocycles. The molecule has 0 amide bonds. The van der Waals surface area contributed by atoms with E-state index in [2.05, 4.69) is 84.0 Å². The lowest BCUT2D eigenvalue weighted by atomic mass is 9.97. The lowest BCUT2D eigenvalue weighted by molar-refractivity contribution is 0.134. The quantitative estimate of drug-likeness (QED) is 0.513. The van der Waals surface area contributed by atoms with Gasteiger partial charge in [-0.3, -0.25) is 4.90 Å². The molecule has 2 N–H and O–H groups in total. The Kier molecular flexibility index (Phi) is 8.72. The van der Waals surface area contributed by atoms with Crippen molar-refractivity contribution in [3.05, 3.63) is 71.3 Å². The molecule has 1 fully saturated rings. The highest BCUT2D eigenvalue weighted by molar-refractivity contribution is 5.80. The molecule has 0 aliphatic carbocycles. The van der Waals surface area contributed by atoms with E-state index in [4.69, 9.17) is 9.73 Å². The molecule has 1 aliphatic rings. The van der Waals surface area contributed by atoms with Crippen LogP contribution in [-0.4, -0.2) is 43.1 Å². The second kappa shape index (κ2) is 11.7. The lowest BCUT2D eigenvalue weighted by Crippen LogP contribution is -2.51. The second-order valence-corrected chi connectivity index (χ2v) is 8.12. The molecular formula is C25H36N4O. The largest absolute Gasteiger partial charge is 0.380 e. The van der Waals surface area contributed by atoms with Crippen LogP contribution >= 0.6 is 0 Å². The summed E-state index contributed by atoms with van der Waals surface area (Å²) in [5.74, 6) is 0.906. The zero-order valence-electron chi connectivity index (χ0n) is 18.6. The molecule has 5 heteroatoms. The van der Waals surface area contributed by atoms with Crippen LogP contribution < -0.4 is 10.6 Å². The van der Waals surface area contributed by atoms with Gasteiger partial charge in [-0.25, -0.2) is 4.99 Å². The summed E-state index contributed by atoms with van der Waals surface area (Å²) in [4.78, 5) is 7.41. The summed E-state index contributed by atoms with van der Waals surface area (Å²) < 4.78 is 5.24. The van der Waals surface area contributed by atoms with Crippen LogP contribution in [0.25, 0.3) is 0 Å². The Morgan fingerprint density at radius 3 is 2.60 bits per heavy atom. The topological polar surface area (TPSA) is 48.9 Å². The molecule has 2 aromatic carbocycles. The average molecular weight is 409 g/mol. The fourth-order valence-electron chi connectivity index (χ4n) is 4.07. The van der Waals surface area contributed by atoms with Gasteiger partial charge in [-0.05, 0) is 43.4 Å². The zero-order valence-corrected chi connectivity index (χ0v) is 18.6. The molecule has 0 saturated carbocycles. The first kappa shape index (κ1) is 22.3. The van der Waals surface area contributed by atoms with Gasteiger partial charge < -0.3 is 15.4 Å². The van der Waals surface area contributed by atoms with Crippen LogP contribution in [0.15, 0.2) is 59.6 Å². The normalized spacial score (nSPS) is 20.2. The molecule has 5 nitrogen and oxygen atoms in total. The van der Waals surface area contributed by atoms with Crippen LogP contribution in [0.3, 0.4) is 0 Å². The highest BCUT2D eigenvalue weighted by Crippen LogP contribution is 2.20. The van der Waals surface area contributed by atoms with Crippen molar-refractivity contribution in [1.82, 2.24) is 15.5 Å². The van der Waals surface area contributed by atoms with E-state index in [1.807, 2.05) is 0 Å². The molecule has 1 saturated heterocycles. The lowest BCUT2D eigenvalue weighted by Gasteiger charge is -2.38. The van der Waals surface area contributed by atoms with Crippen molar-refractivity contribution in [2.75, 3.05) is 20.2 Å². The Hall–Kier alpha value is -2.37. The summed E-state index contributed by atoms with van der Waals surface area (Å²) in [6, 6.07) is 20.2. The number of nitrogens with zero attached hydrogens (tertiary/aromatic N) is 2. The van der Waals surface area contributed by atoms with E-state index in [0.29, 0.717) is 25.2 Å². The Morgan fingerprint density at radius 2 is 1.87 bits per heavy atom. The number of piperidine rings is 1. The van der Waals surface area contributed by atoms with Crippen LogP contribution in [0.2, 0.25) is 0 Å². The SMILES string of the molecule is CCNC(=NCc1cccc(COC)c1)NC1CCN(Cc2ccccc2)C(C)C1. The summed E-state index contributed by atoms with van der Waals surface area (Å²) in [6.07, 6.45) is 2.26. The molecule has 1 heterocycles. The standard InChI is InChI=1S/C25H36N4O/c1-4-26-25(27-17-22-11-8-12-23(16-22)19-30-3)28-24-13-14-29(20(2)15-24)18-21-9-6-5-7-10-21/h5-12,16,20,24H,4,13-15,17-19H2,1-3H3,(H2,26,27,28). The maximum absolute atomic E-state index is 5.24. The third-order valence-corrected chi connectivity index (χ3v) is 5.65. The van der Waals surface area contributed by atoms with Crippen molar-refractivity contribution in [3.63, 3.8) is 0 Å². The number of rotatable bonds is 8. The van der Waals surface area contributed by atoms with E-state index in [1.54, 1.807) is 7.11 Å². The minimum absolute atomic E-state index is 0.449. The highest BCUT2D eigenvalue weighted by Gasteiger charge is 2.25. The van der Waals surface area contributed by atoms with E-state index >= 15 is 0 Å². The third-order valence-electron chi connectivity index (χ3n) is 5.65. The number of hydrogen-bond acceptors (Lipinski definition) is 3. The van der Waals surface area contributed by atoms with Crippen molar-refractivity contribution in [1.29, 1.82) is 0 Å². The first-order valence-electron chi connectivity index (χ1n) is 11.1. The van der Waals surface area contributed by atoms with Crippen molar-refractivity contribution in [3.8, 4) is 0 Å². The number of benzene rings is 2. The molecule has 30 heavy (non-hydrogen) atoms. The van der Waals surface area contributed by atoms with Crippen LogP contribution in [0.5, 0.6) is 0 Å². The summed E-state index contributed by atoms with van der Waals surface area (Å²) in [5, 5.41) is 7.08. The molecule has 2 unspecified atom stereocenters. The predicted molar refractivity (Wildman–Crippen MR) is 124 cm³/mol. The van der Waals surface area contributed by atoms with Gasteiger partial charge in [0.2, 0.25) is 0 Å². The average Bonchev–Trinajstić information content (AvgIpc) is 2.75. The first-order valence-corrected chi connectivity index (χ1v) is 11.1. The van der Waals surface area contributed by atoms with Crippen LogP contribution in [0.4, 0.5) is 0 Å². The molecule has 0 radical (unpaired) electrons. The molecule has 162 valence electrons. The molecule has 1 aliphatic heterocycles. The molecule has 2 atom stereocenters. The minimum atomic E-state index is 0.449. The molecule has 3 rings (SSSR count). The highest BCUT2D eigenvalue weighted by atomic mass is 16.5. The van der Waals surface area contributed by atoms with Gasteiger partial charge >= 0.3 is 0 Å². The smallest absolute Gasteiger partial charge is 0.191 e. The van der Waals surface area contributed by atoms with E-state index < -0.39 is 0 Å². The van der Waals surface area contributed by atoms with E-state index in [-0.39, 0.29) is 0 Å². The van der Waals surface area contributed by atoms with Gasteiger partial charge in [0.05, 0.1) is 13.2 Å². The van der Waals surface area contributed by atoms with E-state index in [1.165, 1.54) is 16.7 Å².